The van der Waals surface area contributed by atoms with Crippen LogP contribution in [-0.2, 0) is 0 Å². The summed E-state index contributed by atoms with van der Waals surface area (Å²) in [6, 6.07) is 18.5. The van der Waals surface area contributed by atoms with E-state index in [1.165, 1.54) is 10.2 Å². The number of hydrogen-bond donors (Lipinski definition) is 1. The topological polar surface area (TPSA) is 68.0 Å². The van der Waals surface area contributed by atoms with Crippen molar-refractivity contribution in [1.82, 2.24) is 25.3 Å². The van der Waals surface area contributed by atoms with E-state index in [-0.39, 0.29) is 0 Å². The van der Waals surface area contributed by atoms with Crippen molar-refractivity contribution in [1.29, 1.82) is 0 Å². The molecule has 2 heterocycles. The van der Waals surface area contributed by atoms with E-state index in [1.54, 1.807) is 0 Å². The maximum Gasteiger partial charge on any atom is 0.207 e. The van der Waals surface area contributed by atoms with Crippen LogP contribution in [0.3, 0.4) is 0 Å². The second-order valence-electron chi connectivity index (χ2n) is 5.58. The predicted molar refractivity (Wildman–Crippen MR) is 89.4 cm³/mol. The number of nitrogens with one attached hydrogen (secondary N) is 1. The molecule has 23 heavy (non-hydrogen) atoms. The first-order valence-electron chi connectivity index (χ1n) is 7.59. The highest BCUT2D eigenvalue weighted by atomic mass is 15.6. The lowest BCUT2D eigenvalue weighted by Crippen LogP contribution is -2.12. The van der Waals surface area contributed by atoms with Crippen LogP contribution in [0.5, 0.6) is 0 Å². The Morgan fingerprint density at radius 3 is 2.57 bits per heavy atom. The summed E-state index contributed by atoms with van der Waals surface area (Å²) in [6.45, 7) is 2.98. The Labute approximate surface area is 133 Å². The fourth-order valence-corrected chi connectivity index (χ4v) is 2.72. The average Bonchev–Trinajstić information content (AvgIpc) is 3.09. The van der Waals surface area contributed by atoms with Gasteiger partial charge in [0, 0.05) is 17.3 Å². The summed E-state index contributed by atoms with van der Waals surface area (Å²) in [6.07, 6.45) is 0. The molecule has 6 heteroatoms. The Kier molecular flexibility index (Phi) is 3.34. The Balaban J connectivity index is 1.68. The average molecular weight is 304 g/mol. The minimum atomic E-state index is 0.376. The second kappa shape index (κ2) is 5.64. The van der Waals surface area contributed by atoms with E-state index < -0.39 is 0 Å². The molecule has 0 saturated heterocycles. The lowest BCUT2D eigenvalue weighted by atomic mass is 10.0. The van der Waals surface area contributed by atoms with E-state index >= 15 is 0 Å². The first-order valence-corrected chi connectivity index (χ1v) is 7.59. The molecule has 2 aromatic heterocycles. The molecule has 0 fully saturated rings. The van der Waals surface area contributed by atoms with Crippen LogP contribution >= 0.6 is 0 Å². The summed E-state index contributed by atoms with van der Waals surface area (Å²) >= 11 is 0. The highest BCUT2D eigenvalue weighted by molar-refractivity contribution is 5.99. The van der Waals surface area contributed by atoms with Gasteiger partial charge in [-0.1, -0.05) is 61.5 Å². The van der Waals surface area contributed by atoms with E-state index in [2.05, 4.69) is 57.1 Å². The number of fused-ring (bicyclic) bond motifs is 3. The van der Waals surface area contributed by atoms with Crippen molar-refractivity contribution >= 4 is 22.2 Å². The summed E-state index contributed by atoms with van der Waals surface area (Å²) in [4.78, 5) is 0. The van der Waals surface area contributed by atoms with Crippen molar-refractivity contribution in [3.63, 3.8) is 0 Å². The fourth-order valence-electron chi connectivity index (χ4n) is 2.72. The molecular weight excluding hydrogens is 288 g/mol. The van der Waals surface area contributed by atoms with Crippen molar-refractivity contribution < 1.29 is 0 Å². The van der Waals surface area contributed by atoms with Gasteiger partial charge in [-0.3, -0.25) is 0 Å². The molecule has 114 valence electrons. The normalized spacial score (nSPS) is 12.6. The van der Waals surface area contributed by atoms with Crippen molar-refractivity contribution in [2.75, 3.05) is 11.9 Å². The third-order valence-electron chi connectivity index (χ3n) is 4.02. The Bertz CT molecular complexity index is 947. The minimum absolute atomic E-state index is 0.376. The summed E-state index contributed by atoms with van der Waals surface area (Å²) < 4.78 is 1.47. The van der Waals surface area contributed by atoms with Gasteiger partial charge in [0.05, 0.1) is 0 Å². The molecule has 0 aliphatic heterocycles. The molecular formula is C17H16N6. The van der Waals surface area contributed by atoms with Gasteiger partial charge in [0.25, 0.3) is 0 Å². The van der Waals surface area contributed by atoms with Crippen LogP contribution in [0.4, 0.5) is 5.82 Å². The second-order valence-corrected chi connectivity index (χ2v) is 5.58. The van der Waals surface area contributed by atoms with Gasteiger partial charge in [0.1, 0.15) is 0 Å². The zero-order valence-electron chi connectivity index (χ0n) is 12.7. The quantitative estimate of drug-likeness (QED) is 0.628. The van der Waals surface area contributed by atoms with Gasteiger partial charge in [-0.2, -0.15) is 0 Å². The molecule has 0 saturated carbocycles. The van der Waals surface area contributed by atoms with Crippen LogP contribution in [-0.4, -0.2) is 31.8 Å². The van der Waals surface area contributed by atoms with Gasteiger partial charge in [-0.15, -0.1) is 14.8 Å². The van der Waals surface area contributed by atoms with Gasteiger partial charge in [0.15, 0.2) is 5.82 Å². The number of rotatable bonds is 4. The van der Waals surface area contributed by atoms with Crippen LogP contribution in [0.15, 0.2) is 54.6 Å². The number of benzene rings is 2. The molecule has 0 amide bonds. The van der Waals surface area contributed by atoms with Crippen molar-refractivity contribution in [3.05, 3.63) is 60.2 Å². The summed E-state index contributed by atoms with van der Waals surface area (Å²) in [5.74, 6) is 1.17. The Morgan fingerprint density at radius 2 is 1.74 bits per heavy atom. The lowest BCUT2D eigenvalue weighted by Gasteiger charge is -2.14. The van der Waals surface area contributed by atoms with Crippen LogP contribution in [0.25, 0.3) is 16.4 Å². The number of nitrogens with zero attached hydrogens (tertiary/aromatic N) is 5. The van der Waals surface area contributed by atoms with Crippen molar-refractivity contribution in [3.8, 4) is 0 Å². The van der Waals surface area contributed by atoms with E-state index in [0.717, 1.165) is 23.1 Å². The van der Waals surface area contributed by atoms with E-state index in [0.29, 0.717) is 11.6 Å². The third-order valence-corrected chi connectivity index (χ3v) is 4.02. The predicted octanol–water partition coefficient (Wildman–Crippen LogP) is 2.89. The first-order chi connectivity index (χ1) is 11.3. The van der Waals surface area contributed by atoms with Crippen LogP contribution in [0.1, 0.15) is 18.4 Å². The molecule has 0 spiro atoms. The molecule has 2 aromatic carbocycles. The standard InChI is InChI=1S/C17H16N6/c1-12(13-7-3-2-4-8-13)11-18-16-14-9-5-6-10-15(14)17-19-21-22-23(17)20-16/h2-10,12H,11H2,1H3,(H,18,20)/t12-/m0/s1. The molecule has 4 aromatic rings. The van der Waals surface area contributed by atoms with E-state index in [9.17, 15) is 0 Å². The van der Waals surface area contributed by atoms with Gasteiger partial charge >= 0.3 is 0 Å². The molecule has 0 unspecified atom stereocenters. The number of anilines is 1. The molecule has 0 bridgehead atoms. The minimum Gasteiger partial charge on any atom is -0.367 e. The van der Waals surface area contributed by atoms with E-state index in [4.69, 9.17) is 0 Å². The Morgan fingerprint density at radius 1 is 1.00 bits per heavy atom. The van der Waals surface area contributed by atoms with Gasteiger partial charge in [0.2, 0.25) is 5.65 Å². The van der Waals surface area contributed by atoms with E-state index in [1.807, 2.05) is 30.3 Å². The number of hydrogen-bond acceptors (Lipinski definition) is 5. The maximum atomic E-state index is 4.50. The fraction of sp³-hybridized carbons (Fsp3) is 0.176. The highest BCUT2D eigenvalue weighted by Gasteiger charge is 2.12. The molecule has 0 aliphatic carbocycles. The summed E-state index contributed by atoms with van der Waals surface area (Å²) in [5, 5.41) is 21.6. The molecule has 1 atom stereocenters. The van der Waals surface area contributed by atoms with Gasteiger partial charge in [-0.05, 0) is 21.9 Å². The van der Waals surface area contributed by atoms with Crippen LogP contribution in [0.2, 0.25) is 0 Å². The lowest BCUT2D eigenvalue weighted by molar-refractivity contribution is 0.731. The smallest absolute Gasteiger partial charge is 0.207 e. The van der Waals surface area contributed by atoms with Crippen molar-refractivity contribution in [2.24, 2.45) is 0 Å². The molecule has 0 radical (unpaired) electrons. The van der Waals surface area contributed by atoms with Gasteiger partial charge in [-0.25, -0.2) is 0 Å². The maximum absolute atomic E-state index is 4.50. The molecule has 1 N–H and O–H groups in total. The monoisotopic (exact) mass is 304 g/mol. The first kappa shape index (κ1) is 13.6. The third kappa shape index (κ3) is 2.48. The van der Waals surface area contributed by atoms with Crippen LogP contribution in [0, 0.1) is 0 Å². The highest BCUT2D eigenvalue weighted by Crippen LogP contribution is 2.24. The summed E-state index contributed by atoms with van der Waals surface area (Å²) in [5.41, 5.74) is 1.97. The number of aromatic nitrogens is 5. The SMILES string of the molecule is C[C@@H](CNc1nn2nnnc2c2ccccc12)c1ccccc1. The summed E-state index contributed by atoms with van der Waals surface area (Å²) in [7, 11) is 0. The molecule has 0 aliphatic rings. The largest absolute Gasteiger partial charge is 0.367 e. The zero-order chi connectivity index (χ0) is 15.6. The van der Waals surface area contributed by atoms with Gasteiger partial charge < -0.3 is 5.32 Å². The zero-order valence-corrected chi connectivity index (χ0v) is 12.7. The van der Waals surface area contributed by atoms with Crippen LogP contribution < -0.4 is 5.32 Å². The van der Waals surface area contributed by atoms with Crippen molar-refractivity contribution in [2.45, 2.75) is 12.8 Å². The Hall–Kier alpha value is -3.02. The molecule has 6 nitrogen and oxygen atoms in total. The number of tetrazole rings is 1. The molecule has 4 rings (SSSR count).